The van der Waals surface area contributed by atoms with Crippen LogP contribution in [0.5, 0.6) is 0 Å². The van der Waals surface area contributed by atoms with Gasteiger partial charge in [0, 0.05) is 4.90 Å². The Labute approximate surface area is 99.0 Å². The Morgan fingerprint density at radius 2 is 2.27 bits per heavy atom. The average molecular weight is 243 g/mol. The maximum Gasteiger partial charge on any atom is 0.339 e. The van der Waals surface area contributed by atoms with Gasteiger partial charge in [-0.1, -0.05) is 11.6 Å². The van der Waals surface area contributed by atoms with E-state index in [0.717, 1.165) is 12.8 Å². The number of ether oxygens (including phenoxy) is 1. The van der Waals surface area contributed by atoms with Gasteiger partial charge in [0.2, 0.25) is 0 Å². The minimum Gasteiger partial charge on any atom is -0.462 e. The summed E-state index contributed by atoms with van der Waals surface area (Å²) in [6.45, 7) is 0.506. The van der Waals surface area contributed by atoms with Gasteiger partial charge < -0.3 is 4.74 Å². The number of hydrogen-bond donors (Lipinski definition) is 1. The van der Waals surface area contributed by atoms with E-state index < -0.39 is 0 Å². The van der Waals surface area contributed by atoms with Crippen molar-refractivity contribution in [3.05, 3.63) is 28.8 Å². The maximum absolute atomic E-state index is 11.6. The highest BCUT2D eigenvalue weighted by atomic mass is 35.5. The number of carbonyl (C=O) groups is 1. The summed E-state index contributed by atoms with van der Waals surface area (Å²) in [4.78, 5) is 12.3. The van der Waals surface area contributed by atoms with Crippen molar-refractivity contribution >= 4 is 30.2 Å². The first-order chi connectivity index (χ1) is 7.16. The van der Waals surface area contributed by atoms with E-state index >= 15 is 0 Å². The van der Waals surface area contributed by atoms with Gasteiger partial charge in [-0.15, -0.1) is 12.6 Å². The monoisotopic (exact) mass is 242 g/mol. The lowest BCUT2D eigenvalue weighted by Crippen LogP contribution is -2.08. The molecule has 2 rings (SSSR count). The first-order valence-corrected chi connectivity index (χ1v) is 5.65. The van der Waals surface area contributed by atoms with Crippen LogP contribution in [-0.4, -0.2) is 12.6 Å². The van der Waals surface area contributed by atoms with Crippen molar-refractivity contribution in [3.8, 4) is 0 Å². The van der Waals surface area contributed by atoms with E-state index in [2.05, 4.69) is 12.6 Å². The van der Waals surface area contributed by atoms with Crippen molar-refractivity contribution in [1.29, 1.82) is 0 Å². The zero-order valence-corrected chi connectivity index (χ0v) is 9.72. The highest BCUT2D eigenvalue weighted by Gasteiger charge is 2.23. The Kier molecular flexibility index (Phi) is 3.22. The molecule has 80 valence electrons. The van der Waals surface area contributed by atoms with Crippen LogP contribution in [0.3, 0.4) is 0 Å². The average Bonchev–Trinajstić information content (AvgIpc) is 3.02. The van der Waals surface area contributed by atoms with Gasteiger partial charge in [0.25, 0.3) is 0 Å². The molecule has 0 unspecified atom stereocenters. The quantitative estimate of drug-likeness (QED) is 0.651. The van der Waals surface area contributed by atoms with Gasteiger partial charge in [0.15, 0.2) is 0 Å². The molecule has 0 atom stereocenters. The topological polar surface area (TPSA) is 26.3 Å². The Bertz CT molecular complexity index is 388. The number of benzene rings is 1. The fourth-order valence-electron chi connectivity index (χ4n) is 1.23. The number of thiol groups is 1. The first kappa shape index (κ1) is 10.8. The van der Waals surface area contributed by atoms with Crippen LogP contribution in [0.15, 0.2) is 23.1 Å². The van der Waals surface area contributed by atoms with Crippen molar-refractivity contribution in [2.24, 2.45) is 5.92 Å². The predicted molar refractivity (Wildman–Crippen MR) is 61.7 cm³/mol. The van der Waals surface area contributed by atoms with Crippen LogP contribution in [0.25, 0.3) is 0 Å². The predicted octanol–water partition coefficient (Wildman–Crippen LogP) is 3.20. The number of hydrogen-bond acceptors (Lipinski definition) is 3. The van der Waals surface area contributed by atoms with Gasteiger partial charge in [-0.3, -0.25) is 0 Å². The lowest BCUT2D eigenvalue weighted by Gasteiger charge is -2.05. The van der Waals surface area contributed by atoms with Crippen molar-refractivity contribution < 1.29 is 9.53 Å². The summed E-state index contributed by atoms with van der Waals surface area (Å²) < 4.78 is 5.13. The molecule has 0 aliphatic heterocycles. The first-order valence-electron chi connectivity index (χ1n) is 4.82. The molecule has 0 N–H and O–H groups in total. The summed E-state index contributed by atoms with van der Waals surface area (Å²) in [7, 11) is 0. The van der Waals surface area contributed by atoms with Crippen molar-refractivity contribution in [3.63, 3.8) is 0 Å². The molecule has 4 heteroatoms. The third-order valence-corrected chi connectivity index (χ3v) is 2.92. The standard InChI is InChI=1S/C11H11ClO2S/c12-10-4-3-8(15)5-9(10)11(13)14-6-7-1-2-7/h3-5,7,15H,1-2,6H2. The fraction of sp³-hybridized carbons (Fsp3) is 0.364. The highest BCUT2D eigenvalue weighted by molar-refractivity contribution is 7.80. The molecule has 1 aliphatic carbocycles. The van der Waals surface area contributed by atoms with Gasteiger partial charge in [0.05, 0.1) is 17.2 Å². The molecule has 0 aromatic heterocycles. The molecule has 0 radical (unpaired) electrons. The van der Waals surface area contributed by atoms with E-state index in [9.17, 15) is 4.79 Å². The van der Waals surface area contributed by atoms with Crippen LogP contribution < -0.4 is 0 Å². The van der Waals surface area contributed by atoms with Gasteiger partial charge in [0.1, 0.15) is 0 Å². The maximum atomic E-state index is 11.6. The van der Waals surface area contributed by atoms with Crippen LogP contribution in [0.2, 0.25) is 5.02 Å². The second-order valence-electron chi connectivity index (χ2n) is 3.71. The van der Waals surface area contributed by atoms with E-state index in [0.29, 0.717) is 28.0 Å². The lowest BCUT2D eigenvalue weighted by atomic mass is 10.2. The Morgan fingerprint density at radius 3 is 2.93 bits per heavy atom. The van der Waals surface area contributed by atoms with E-state index in [4.69, 9.17) is 16.3 Å². The largest absolute Gasteiger partial charge is 0.462 e. The molecule has 2 nitrogen and oxygen atoms in total. The number of halogens is 1. The van der Waals surface area contributed by atoms with E-state index in [1.807, 2.05) is 0 Å². The van der Waals surface area contributed by atoms with Gasteiger partial charge in [-0.25, -0.2) is 4.79 Å². The summed E-state index contributed by atoms with van der Waals surface area (Å²) in [5, 5.41) is 0.411. The van der Waals surface area contributed by atoms with Gasteiger partial charge in [-0.2, -0.15) is 0 Å². The summed E-state index contributed by atoms with van der Waals surface area (Å²) in [6, 6.07) is 5.02. The Balaban J connectivity index is 2.05. The lowest BCUT2D eigenvalue weighted by molar-refractivity contribution is 0.0486. The zero-order valence-electron chi connectivity index (χ0n) is 8.07. The molecule has 1 aromatic carbocycles. The molecule has 1 saturated carbocycles. The summed E-state index contributed by atoms with van der Waals surface area (Å²) in [5.41, 5.74) is 0.393. The van der Waals surface area contributed by atoms with Crippen LogP contribution in [-0.2, 0) is 4.74 Å². The second-order valence-corrected chi connectivity index (χ2v) is 4.63. The molecular formula is C11H11ClO2S. The highest BCUT2D eigenvalue weighted by Crippen LogP contribution is 2.29. The van der Waals surface area contributed by atoms with Gasteiger partial charge >= 0.3 is 5.97 Å². The minimum atomic E-state index is -0.359. The zero-order chi connectivity index (χ0) is 10.8. The molecule has 15 heavy (non-hydrogen) atoms. The van der Waals surface area contributed by atoms with Crippen molar-refractivity contribution in [2.45, 2.75) is 17.7 Å². The van der Waals surface area contributed by atoms with Crippen LogP contribution >= 0.6 is 24.2 Å². The third-order valence-electron chi connectivity index (χ3n) is 2.32. The van der Waals surface area contributed by atoms with Crippen LogP contribution in [0.1, 0.15) is 23.2 Å². The summed E-state index contributed by atoms with van der Waals surface area (Å²) >= 11 is 10.0. The van der Waals surface area contributed by atoms with Crippen molar-refractivity contribution in [2.75, 3.05) is 6.61 Å². The number of esters is 1. The number of carbonyl (C=O) groups excluding carboxylic acids is 1. The van der Waals surface area contributed by atoms with E-state index in [1.165, 1.54) is 0 Å². The minimum absolute atomic E-state index is 0.359. The Hall–Kier alpha value is -0.670. The SMILES string of the molecule is O=C(OCC1CC1)c1cc(S)ccc1Cl. The molecule has 1 aliphatic rings. The fourth-order valence-corrected chi connectivity index (χ4v) is 1.62. The molecule has 0 amide bonds. The molecule has 0 saturated heterocycles. The molecule has 1 fully saturated rings. The van der Waals surface area contributed by atoms with Crippen molar-refractivity contribution in [1.82, 2.24) is 0 Å². The third kappa shape index (κ3) is 2.89. The molecule has 0 heterocycles. The normalized spacial score (nSPS) is 15.1. The smallest absolute Gasteiger partial charge is 0.339 e. The molecule has 0 spiro atoms. The Morgan fingerprint density at radius 1 is 1.53 bits per heavy atom. The van der Waals surface area contributed by atoms with Gasteiger partial charge in [-0.05, 0) is 37.0 Å². The van der Waals surface area contributed by atoms with Crippen LogP contribution in [0, 0.1) is 5.92 Å². The summed E-state index contributed by atoms with van der Waals surface area (Å²) in [6.07, 6.45) is 2.32. The number of rotatable bonds is 3. The summed E-state index contributed by atoms with van der Waals surface area (Å²) in [5.74, 6) is 0.203. The molecule has 1 aromatic rings. The van der Waals surface area contributed by atoms with E-state index in [1.54, 1.807) is 18.2 Å². The molecular weight excluding hydrogens is 232 g/mol. The van der Waals surface area contributed by atoms with Crippen LogP contribution in [0.4, 0.5) is 0 Å². The van der Waals surface area contributed by atoms with E-state index in [-0.39, 0.29) is 5.97 Å². The second kappa shape index (κ2) is 4.45. The molecule has 0 bridgehead atoms.